The summed E-state index contributed by atoms with van der Waals surface area (Å²) in [5.74, 6) is 0.0856. The number of fused-ring (bicyclic) bond motifs is 1. The minimum Gasteiger partial charge on any atom is -0.458 e. The van der Waals surface area contributed by atoms with Gasteiger partial charge in [-0.15, -0.1) is 0 Å². The molecule has 33 heavy (non-hydrogen) atoms. The van der Waals surface area contributed by atoms with E-state index in [0.717, 1.165) is 5.56 Å². The molecule has 0 aliphatic heterocycles. The summed E-state index contributed by atoms with van der Waals surface area (Å²) >= 11 is 0. The van der Waals surface area contributed by atoms with Crippen molar-refractivity contribution >= 4 is 23.1 Å². The maximum atomic E-state index is 13.5. The number of ether oxygens (including phenoxy) is 1. The topological polar surface area (TPSA) is 91.0 Å². The van der Waals surface area contributed by atoms with Crippen LogP contribution in [0, 0.1) is 0 Å². The summed E-state index contributed by atoms with van der Waals surface area (Å²) < 4.78 is 8.70. The molecule has 1 N–H and O–H groups in total. The van der Waals surface area contributed by atoms with Crippen LogP contribution in [0.25, 0.3) is 16.9 Å². The van der Waals surface area contributed by atoms with E-state index in [0.29, 0.717) is 35.8 Å². The minimum atomic E-state index is -0.323. The molecule has 5 rings (SSSR count). The Hall–Kier alpha value is -4.20. The van der Waals surface area contributed by atoms with E-state index in [1.165, 1.54) is 11.5 Å². The smallest absolute Gasteiger partial charge is 0.303 e. The molecule has 0 saturated carbocycles. The number of hydrogen-bond acceptors (Lipinski definition) is 6. The van der Waals surface area contributed by atoms with E-state index >= 15 is 0 Å². The number of para-hydroxylation sites is 1. The van der Waals surface area contributed by atoms with Crippen molar-refractivity contribution in [3.05, 3.63) is 95.1 Å². The van der Waals surface area contributed by atoms with Gasteiger partial charge in [-0.05, 0) is 23.8 Å². The molecule has 2 aromatic carbocycles. The lowest BCUT2D eigenvalue weighted by molar-refractivity contribution is -0.144. The highest BCUT2D eigenvalue weighted by Crippen LogP contribution is 2.22. The number of carbonyl (C=O) groups excluding carboxylic acids is 1. The molecule has 0 spiro atoms. The molecule has 2 heterocycles. The molecule has 1 aliphatic carbocycles. The summed E-state index contributed by atoms with van der Waals surface area (Å²) in [6, 6.07) is 19.2. The lowest BCUT2D eigenvalue weighted by Crippen LogP contribution is -2.28. The average Bonchev–Trinajstić information content (AvgIpc) is 3.42. The maximum absolute atomic E-state index is 13.5. The van der Waals surface area contributed by atoms with E-state index in [9.17, 15) is 9.59 Å². The summed E-state index contributed by atoms with van der Waals surface area (Å²) in [7, 11) is 0. The quantitative estimate of drug-likeness (QED) is 0.365. The van der Waals surface area contributed by atoms with E-state index in [-0.39, 0.29) is 23.7 Å². The molecule has 0 bridgehead atoms. The van der Waals surface area contributed by atoms with Crippen molar-refractivity contribution in [2.45, 2.75) is 32.0 Å². The molecule has 8 heteroatoms. The van der Waals surface area contributed by atoms with Crippen LogP contribution in [0.3, 0.4) is 0 Å². The average molecular weight is 441 g/mol. The third-order valence-corrected chi connectivity index (χ3v) is 5.53. The number of hydrogen-bond donors (Lipinski definition) is 1. The molecule has 8 nitrogen and oxygen atoms in total. The van der Waals surface area contributed by atoms with Gasteiger partial charge in [-0.3, -0.25) is 9.59 Å². The van der Waals surface area contributed by atoms with Gasteiger partial charge in [0.25, 0.3) is 5.56 Å². The number of aromatic nitrogens is 4. The fraction of sp³-hybridized carbons (Fsp3) is 0.200. The number of imidazole rings is 1. The molecular weight excluding hydrogens is 418 g/mol. The van der Waals surface area contributed by atoms with Crippen molar-refractivity contribution in [2.24, 2.45) is 0 Å². The normalized spacial score (nSPS) is 17.4. The SMILES string of the molecule is CC(=O)O[C@H]1C=C[C@@H](Nc2nc3c(ncn3Cc3ccccc3)c(=O)n2-c2ccccc2)C1. The summed E-state index contributed by atoms with van der Waals surface area (Å²) in [5.41, 5.74) is 2.34. The lowest BCUT2D eigenvalue weighted by Gasteiger charge is -2.18. The first kappa shape index (κ1) is 20.7. The first-order valence-electron chi connectivity index (χ1n) is 10.8. The van der Waals surface area contributed by atoms with Gasteiger partial charge in [-0.25, -0.2) is 9.55 Å². The van der Waals surface area contributed by atoms with Gasteiger partial charge in [0.2, 0.25) is 5.95 Å². The Morgan fingerprint density at radius 3 is 2.55 bits per heavy atom. The standard InChI is InChI=1S/C25H23N5O3/c1-17(31)33-21-13-12-19(14-21)27-25-28-23-22(24(32)30(25)20-10-6-3-7-11-20)26-16-29(23)15-18-8-4-2-5-9-18/h2-13,16,19,21H,14-15H2,1H3,(H,27,28)/t19-,21+/m1/s1. The second-order valence-electron chi connectivity index (χ2n) is 7.96. The lowest BCUT2D eigenvalue weighted by atomic mass is 10.2. The number of carbonyl (C=O) groups is 1. The Morgan fingerprint density at radius 1 is 1.09 bits per heavy atom. The van der Waals surface area contributed by atoms with E-state index in [1.54, 1.807) is 6.33 Å². The number of nitrogens with zero attached hydrogens (tertiary/aromatic N) is 4. The zero-order valence-corrected chi connectivity index (χ0v) is 18.1. The van der Waals surface area contributed by atoms with Gasteiger partial charge in [-0.1, -0.05) is 54.6 Å². The van der Waals surface area contributed by atoms with Crippen LogP contribution in [0.1, 0.15) is 18.9 Å². The predicted octanol–water partition coefficient (Wildman–Crippen LogP) is 3.30. The molecule has 0 amide bonds. The van der Waals surface area contributed by atoms with E-state index in [2.05, 4.69) is 10.3 Å². The molecule has 1 aliphatic rings. The van der Waals surface area contributed by atoms with Crippen LogP contribution in [0.2, 0.25) is 0 Å². The van der Waals surface area contributed by atoms with Crippen LogP contribution < -0.4 is 10.9 Å². The Balaban J connectivity index is 1.56. The fourth-order valence-electron chi connectivity index (χ4n) is 4.04. The van der Waals surface area contributed by atoms with Gasteiger partial charge in [0.05, 0.1) is 24.6 Å². The molecular formula is C25H23N5O3. The van der Waals surface area contributed by atoms with Gasteiger partial charge in [0.15, 0.2) is 11.2 Å². The summed E-state index contributed by atoms with van der Waals surface area (Å²) in [4.78, 5) is 34.0. The first-order valence-corrected chi connectivity index (χ1v) is 10.8. The molecule has 166 valence electrons. The summed E-state index contributed by atoms with van der Waals surface area (Å²) in [5, 5.41) is 3.36. The van der Waals surface area contributed by atoms with E-state index in [4.69, 9.17) is 9.72 Å². The number of anilines is 1. The summed E-state index contributed by atoms with van der Waals surface area (Å²) in [6.45, 7) is 1.95. The highest BCUT2D eigenvalue weighted by molar-refractivity contribution is 5.72. The van der Waals surface area contributed by atoms with Gasteiger partial charge in [-0.2, -0.15) is 4.98 Å². The number of rotatable bonds is 6. The Kier molecular flexibility index (Phi) is 5.48. The highest BCUT2D eigenvalue weighted by atomic mass is 16.5. The molecule has 4 aromatic rings. The van der Waals surface area contributed by atoms with Crippen LogP contribution in [0.5, 0.6) is 0 Å². The molecule has 0 unspecified atom stereocenters. The second-order valence-corrected chi connectivity index (χ2v) is 7.96. The number of esters is 1. The number of benzene rings is 2. The Morgan fingerprint density at radius 2 is 1.82 bits per heavy atom. The van der Waals surface area contributed by atoms with Crippen LogP contribution in [0.4, 0.5) is 5.95 Å². The van der Waals surface area contributed by atoms with Gasteiger partial charge in [0.1, 0.15) is 6.10 Å². The maximum Gasteiger partial charge on any atom is 0.303 e. The zero-order valence-electron chi connectivity index (χ0n) is 18.1. The van der Waals surface area contributed by atoms with Crippen LogP contribution in [-0.4, -0.2) is 37.2 Å². The van der Waals surface area contributed by atoms with Crippen molar-refractivity contribution in [2.75, 3.05) is 5.32 Å². The van der Waals surface area contributed by atoms with E-state index in [1.807, 2.05) is 77.4 Å². The Bertz CT molecular complexity index is 1380. The monoisotopic (exact) mass is 441 g/mol. The summed E-state index contributed by atoms with van der Waals surface area (Å²) in [6.07, 6.45) is 5.69. The van der Waals surface area contributed by atoms with Crippen LogP contribution in [0.15, 0.2) is 83.9 Å². The first-order chi connectivity index (χ1) is 16.1. The second kappa shape index (κ2) is 8.74. The number of nitrogens with one attached hydrogen (secondary N) is 1. The highest BCUT2D eigenvalue weighted by Gasteiger charge is 2.24. The third kappa shape index (κ3) is 4.27. The molecule has 2 atom stereocenters. The van der Waals surface area contributed by atoms with Crippen molar-refractivity contribution in [3.63, 3.8) is 0 Å². The van der Waals surface area contributed by atoms with Crippen molar-refractivity contribution in [1.82, 2.24) is 19.1 Å². The molecule has 0 radical (unpaired) electrons. The zero-order chi connectivity index (χ0) is 22.8. The van der Waals surface area contributed by atoms with Gasteiger partial charge < -0.3 is 14.6 Å². The van der Waals surface area contributed by atoms with Crippen molar-refractivity contribution in [3.8, 4) is 5.69 Å². The van der Waals surface area contributed by atoms with Crippen LogP contribution >= 0.6 is 0 Å². The van der Waals surface area contributed by atoms with Gasteiger partial charge >= 0.3 is 5.97 Å². The molecule has 2 aromatic heterocycles. The third-order valence-electron chi connectivity index (χ3n) is 5.53. The van der Waals surface area contributed by atoms with Crippen molar-refractivity contribution in [1.29, 1.82) is 0 Å². The fourth-order valence-corrected chi connectivity index (χ4v) is 4.04. The van der Waals surface area contributed by atoms with Crippen LogP contribution in [-0.2, 0) is 16.1 Å². The predicted molar refractivity (Wildman–Crippen MR) is 125 cm³/mol. The van der Waals surface area contributed by atoms with Crippen molar-refractivity contribution < 1.29 is 9.53 Å². The molecule has 0 saturated heterocycles. The van der Waals surface area contributed by atoms with E-state index < -0.39 is 0 Å². The van der Waals surface area contributed by atoms with Gasteiger partial charge in [0, 0.05) is 13.3 Å². The largest absolute Gasteiger partial charge is 0.458 e. The Labute approximate surface area is 190 Å². The molecule has 0 fully saturated rings. The minimum absolute atomic E-state index is 0.140.